The first-order valence-corrected chi connectivity index (χ1v) is 10.9. The maximum atomic E-state index is 14.9. The minimum Gasteiger partial charge on any atom is -0.493 e. The van der Waals surface area contributed by atoms with Crippen LogP contribution < -0.4 is 15.0 Å². The van der Waals surface area contributed by atoms with Crippen molar-refractivity contribution < 1.29 is 17.9 Å². The molecule has 0 aliphatic carbocycles. The van der Waals surface area contributed by atoms with Gasteiger partial charge in [-0.3, -0.25) is 0 Å². The maximum absolute atomic E-state index is 14.9. The third-order valence-corrected chi connectivity index (χ3v) is 6.11. The minimum absolute atomic E-state index is 0.0535. The van der Waals surface area contributed by atoms with Crippen LogP contribution in [-0.4, -0.2) is 55.2 Å². The molecular formula is C25H24F3N5O. The number of fused-ring (bicyclic) bond motifs is 1. The molecular weight excluding hydrogens is 443 g/mol. The van der Waals surface area contributed by atoms with Gasteiger partial charge in [0.2, 0.25) is 0 Å². The molecule has 0 spiro atoms. The van der Waals surface area contributed by atoms with Crippen LogP contribution in [0.2, 0.25) is 0 Å². The standard InChI is InChI=1S/C25H24F3N5O/c1-32-5-7-33(8-6-32)23-4-3-16(12-21(23)27)31-17-11-19-20(14-30-25(19)29-13-17)18-9-15(26)10-22(28)24(18)34-2/h3-4,9-14,31H,5-8H2,1-2H3,(H,29,30). The van der Waals surface area contributed by atoms with Crippen LogP contribution in [-0.2, 0) is 0 Å². The first-order chi connectivity index (χ1) is 16.4. The van der Waals surface area contributed by atoms with Gasteiger partial charge in [0.25, 0.3) is 0 Å². The van der Waals surface area contributed by atoms with Gasteiger partial charge in [-0.2, -0.15) is 0 Å². The second kappa shape index (κ2) is 8.90. The Morgan fingerprint density at radius 2 is 1.74 bits per heavy atom. The summed E-state index contributed by atoms with van der Waals surface area (Å²) in [6.07, 6.45) is 3.24. The van der Waals surface area contributed by atoms with Gasteiger partial charge in [0.15, 0.2) is 11.6 Å². The van der Waals surface area contributed by atoms with E-state index in [0.717, 1.165) is 32.2 Å². The molecule has 4 aromatic rings. The molecule has 0 unspecified atom stereocenters. The lowest BCUT2D eigenvalue weighted by atomic mass is 10.0. The highest BCUT2D eigenvalue weighted by Gasteiger charge is 2.19. The summed E-state index contributed by atoms with van der Waals surface area (Å²) in [7, 11) is 3.39. The number of aromatic amines is 1. The Hall–Kier alpha value is -3.72. The van der Waals surface area contributed by atoms with E-state index in [1.807, 2.05) is 11.0 Å². The summed E-state index contributed by atoms with van der Waals surface area (Å²) in [5.41, 5.74) is 3.12. The van der Waals surface area contributed by atoms with Crippen molar-refractivity contribution in [3.05, 3.63) is 66.2 Å². The third-order valence-electron chi connectivity index (χ3n) is 6.11. The fourth-order valence-electron chi connectivity index (χ4n) is 4.32. The highest BCUT2D eigenvalue weighted by atomic mass is 19.1. The van der Waals surface area contributed by atoms with Crippen LogP contribution in [0.4, 0.5) is 30.2 Å². The van der Waals surface area contributed by atoms with Gasteiger partial charge in [-0.25, -0.2) is 18.2 Å². The maximum Gasteiger partial charge on any atom is 0.168 e. The summed E-state index contributed by atoms with van der Waals surface area (Å²) in [5.74, 6) is -1.85. The number of methoxy groups -OCH3 is 1. The van der Waals surface area contributed by atoms with E-state index in [-0.39, 0.29) is 17.1 Å². The number of hydrogen-bond donors (Lipinski definition) is 2. The zero-order chi connectivity index (χ0) is 23.8. The van der Waals surface area contributed by atoms with Crippen molar-refractivity contribution >= 4 is 28.1 Å². The number of ether oxygens (including phenoxy) is 1. The van der Waals surface area contributed by atoms with Gasteiger partial charge < -0.3 is 24.8 Å². The lowest BCUT2D eigenvalue weighted by Crippen LogP contribution is -2.44. The Labute approximate surface area is 195 Å². The van der Waals surface area contributed by atoms with Crippen LogP contribution in [0.5, 0.6) is 5.75 Å². The molecule has 0 atom stereocenters. The number of nitrogens with zero attached hydrogens (tertiary/aromatic N) is 3. The number of likely N-dealkylation sites (N-methyl/N-ethyl adjacent to an activating group) is 1. The molecule has 0 amide bonds. The van der Waals surface area contributed by atoms with E-state index in [1.165, 1.54) is 19.2 Å². The number of benzene rings is 2. The molecule has 5 rings (SSSR count). The molecule has 2 aromatic heterocycles. The van der Waals surface area contributed by atoms with Crippen molar-refractivity contribution in [3.8, 4) is 16.9 Å². The molecule has 34 heavy (non-hydrogen) atoms. The van der Waals surface area contributed by atoms with Gasteiger partial charge >= 0.3 is 0 Å². The van der Waals surface area contributed by atoms with Crippen LogP contribution in [0.3, 0.4) is 0 Å². The van der Waals surface area contributed by atoms with Crippen molar-refractivity contribution in [3.63, 3.8) is 0 Å². The lowest BCUT2D eigenvalue weighted by Gasteiger charge is -2.34. The van der Waals surface area contributed by atoms with Crippen molar-refractivity contribution in [2.24, 2.45) is 0 Å². The van der Waals surface area contributed by atoms with Crippen molar-refractivity contribution in [1.82, 2.24) is 14.9 Å². The Kier molecular flexibility index (Phi) is 5.79. The molecule has 6 nitrogen and oxygen atoms in total. The van der Waals surface area contributed by atoms with Gasteiger partial charge in [0.1, 0.15) is 17.3 Å². The second-order valence-corrected chi connectivity index (χ2v) is 8.37. The molecule has 2 N–H and O–H groups in total. The van der Waals surface area contributed by atoms with Crippen LogP contribution in [0, 0.1) is 17.5 Å². The van der Waals surface area contributed by atoms with Crippen LogP contribution in [0.25, 0.3) is 22.2 Å². The van der Waals surface area contributed by atoms with Gasteiger partial charge in [-0.05, 0) is 37.4 Å². The zero-order valence-electron chi connectivity index (χ0n) is 18.8. The predicted octanol–water partition coefficient (Wildman–Crippen LogP) is 5.15. The van der Waals surface area contributed by atoms with Crippen LogP contribution >= 0.6 is 0 Å². The molecule has 1 aliphatic rings. The number of aromatic nitrogens is 2. The number of anilines is 3. The first kappa shape index (κ1) is 22.1. The van der Waals surface area contributed by atoms with E-state index in [0.29, 0.717) is 33.7 Å². The molecule has 1 saturated heterocycles. The van der Waals surface area contributed by atoms with Gasteiger partial charge in [-0.1, -0.05) is 0 Å². The molecule has 1 fully saturated rings. The molecule has 0 radical (unpaired) electrons. The Morgan fingerprint density at radius 3 is 2.47 bits per heavy atom. The quantitative estimate of drug-likeness (QED) is 0.425. The van der Waals surface area contributed by atoms with Crippen LogP contribution in [0.15, 0.2) is 48.8 Å². The second-order valence-electron chi connectivity index (χ2n) is 8.37. The molecule has 176 valence electrons. The van der Waals surface area contributed by atoms with E-state index in [9.17, 15) is 13.2 Å². The van der Waals surface area contributed by atoms with E-state index >= 15 is 0 Å². The minimum atomic E-state index is -0.787. The van der Waals surface area contributed by atoms with Gasteiger partial charge in [0.05, 0.1) is 24.7 Å². The number of nitrogens with one attached hydrogen (secondary N) is 2. The highest BCUT2D eigenvalue weighted by molar-refractivity contribution is 5.97. The van der Waals surface area contributed by atoms with Crippen molar-refractivity contribution in [2.75, 3.05) is 50.6 Å². The lowest BCUT2D eigenvalue weighted by molar-refractivity contribution is 0.311. The molecule has 0 bridgehead atoms. The number of pyridine rings is 1. The SMILES string of the molecule is COc1c(F)cc(F)cc1-c1c[nH]c2ncc(Nc3ccc(N4CCN(C)CC4)c(F)c3)cc12. The average Bonchev–Trinajstić information content (AvgIpc) is 3.23. The monoisotopic (exact) mass is 467 g/mol. The normalized spacial score (nSPS) is 14.6. The number of piperazine rings is 1. The smallest absolute Gasteiger partial charge is 0.168 e. The summed E-state index contributed by atoms with van der Waals surface area (Å²) in [6, 6.07) is 8.85. The Bertz CT molecular complexity index is 1350. The van der Waals surface area contributed by atoms with Crippen molar-refractivity contribution in [1.29, 1.82) is 0 Å². The summed E-state index contributed by atoms with van der Waals surface area (Å²) < 4.78 is 48.3. The highest BCUT2D eigenvalue weighted by Crippen LogP contribution is 2.38. The third kappa shape index (κ3) is 4.14. The van der Waals surface area contributed by atoms with Crippen molar-refractivity contribution in [2.45, 2.75) is 0 Å². The fraction of sp³-hybridized carbons (Fsp3) is 0.240. The Morgan fingerprint density at radius 1 is 0.941 bits per heavy atom. The number of H-pyrrole nitrogens is 1. The molecule has 9 heteroatoms. The molecule has 3 heterocycles. The summed E-state index contributed by atoms with van der Waals surface area (Å²) in [4.78, 5) is 11.7. The van der Waals surface area contributed by atoms with Gasteiger partial charge in [-0.15, -0.1) is 0 Å². The summed E-state index contributed by atoms with van der Waals surface area (Å²) >= 11 is 0. The summed E-state index contributed by atoms with van der Waals surface area (Å²) in [5, 5.41) is 3.81. The topological polar surface area (TPSA) is 56.4 Å². The summed E-state index contributed by atoms with van der Waals surface area (Å²) in [6.45, 7) is 3.34. The Balaban J connectivity index is 1.44. The number of halogens is 3. The zero-order valence-corrected chi connectivity index (χ0v) is 18.8. The molecule has 0 saturated carbocycles. The number of rotatable bonds is 5. The largest absolute Gasteiger partial charge is 0.493 e. The molecule has 1 aliphatic heterocycles. The van der Waals surface area contributed by atoms with E-state index in [1.54, 1.807) is 24.5 Å². The fourth-order valence-corrected chi connectivity index (χ4v) is 4.32. The van der Waals surface area contributed by atoms with E-state index in [4.69, 9.17) is 4.74 Å². The van der Waals surface area contributed by atoms with E-state index in [2.05, 4.69) is 27.2 Å². The first-order valence-electron chi connectivity index (χ1n) is 10.9. The number of hydrogen-bond acceptors (Lipinski definition) is 5. The van der Waals surface area contributed by atoms with E-state index < -0.39 is 11.6 Å². The predicted molar refractivity (Wildman–Crippen MR) is 127 cm³/mol. The van der Waals surface area contributed by atoms with Gasteiger partial charge in [0, 0.05) is 60.6 Å². The molecule has 2 aromatic carbocycles. The van der Waals surface area contributed by atoms with Crippen LogP contribution in [0.1, 0.15) is 0 Å². The average molecular weight is 467 g/mol.